The zero-order chi connectivity index (χ0) is 19.7. The van der Waals surface area contributed by atoms with Crippen molar-refractivity contribution >= 4 is 34.3 Å². The zero-order valence-electron chi connectivity index (χ0n) is 15.9. The average Bonchev–Trinajstić information content (AvgIpc) is 3.06. The van der Waals surface area contributed by atoms with E-state index >= 15 is 0 Å². The van der Waals surface area contributed by atoms with Gasteiger partial charge in [0.1, 0.15) is 17.2 Å². The first-order valence-electron chi connectivity index (χ1n) is 9.31. The Bertz CT molecular complexity index is 1010. The second-order valence-corrected chi connectivity index (χ2v) is 7.32. The van der Waals surface area contributed by atoms with Crippen LogP contribution >= 0.6 is 11.6 Å². The molecule has 0 aliphatic carbocycles. The molecule has 0 saturated carbocycles. The van der Waals surface area contributed by atoms with Crippen molar-refractivity contribution in [1.29, 1.82) is 0 Å². The Balaban J connectivity index is 1.52. The molecule has 2 aromatic heterocycles. The van der Waals surface area contributed by atoms with Crippen LogP contribution in [0.15, 0.2) is 40.9 Å². The highest BCUT2D eigenvalue weighted by Crippen LogP contribution is 2.32. The van der Waals surface area contributed by atoms with Crippen LogP contribution in [0.25, 0.3) is 11.0 Å². The molecule has 1 saturated heterocycles. The fraction of sp³-hybridized carbons (Fsp3) is 0.333. The number of benzene rings is 1. The largest absolute Gasteiger partial charge is 0.459 e. The molecule has 1 aliphatic rings. The number of fused-ring (bicyclic) bond motifs is 1. The Labute approximate surface area is 168 Å². The van der Waals surface area contributed by atoms with E-state index in [4.69, 9.17) is 20.8 Å². The number of hydrogen-bond donors (Lipinski definition) is 1. The minimum absolute atomic E-state index is 0.0783. The summed E-state index contributed by atoms with van der Waals surface area (Å²) in [6.45, 7) is 6.31. The number of aryl methyl sites for hydroxylation is 1. The highest BCUT2D eigenvalue weighted by atomic mass is 35.5. The molecule has 1 N–H and O–H groups in total. The number of morpholine rings is 1. The van der Waals surface area contributed by atoms with Crippen LogP contribution in [0.3, 0.4) is 0 Å². The number of pyridine rings is 1. The fourth-order valence-electron chi connectivity index (χ4n) is 3.49. The van der Waals surface area contributed by atoms with Gasteiger partial charge in [0, 0.05) is 30.2 Å². The Hall–Kier alpha value is -2.57. The van der Waals surface area contributed by atoms with E-state index in [-0.39, 0.29) is 11.9 Å². The lowest BCUT2D eigenvalue weighted by Gasteiger charge is -2.26. The molecule has 3 aromatic rings. The molecule has 0 radical (unpaired) electrons. The predicted octanol–water partition coefficient (Wildman–Crippen LogP) is 4.44. The molecule has 1 unspecified atom stereocenters. The molecule has 146 valence electrons. The van der Waals surface area contributed by atoms with Gasteiger partial charge >= 0.3 is 0 Å². The normalized spacial score (nSPS) is 15.6. The fourth-order valence-corrected chi connectivity index (χ4v) is 3.71. The molecule has 0 bridgehead atoms. The SMILES string of the molecule is Cc1c(C(C)Nc2ncc(C(=O)N3CCOCC3)cc2Cl)oc2ccccc12. The van der Waals surface area contributed by atoms with Crippen molar-refractivity contribution in [2.24, 2.45) is 0 Å². The van der Waals surface area contributed by atoms with Crippen molar-refractivity contribution in [3.05, 3.63) is 58.4 Å². The lowest BCUT2D eigenvalue weighted by molar-refractivity contribution is 0.0302. The summed E-state index contributed by atoms with van der Waals surface area (Å²) in [6.07, 6.45) is 1.56. The van der Waals surface area contributed by atoms with Gasteiger partial charge in [0.05, 0.1) is 29.8 Å². The summed E-state index contributed by atoms with van der Waals surface area (Å²) in [4.78, 5) is 18.7. The van der Waals surface area contributed by atoms with Crippen molar-refractivity contribution in [2.75, 3.05) is 31.6 Å². The number of ether oxygens (including phenoxy) is 1. The topological polar surface area (TPSA) is 67.6 Å². The number of aromatic nitrogens is 1. The van der Waals surface area contributed by atoms with Gasteiger partial charge in [-0.3, -0.25) is 4.79 Å². The number of nitrogens with zero attached hydrogens (tertiary/aromatic N) is 2. The van der Waals surface area contributed by atoms with Gasteiger partial charge in [-0.1, -0.05) is 29.8 Å². The van der Waals surface area contributed by atoms with E-state index in [0.717, 1.165) is 22.3 Å². The Kier molecular flexibility index (Phi) is 5.24. The van der Waals surface area contributed by atoms with Gasteiger partial charge in [0.15, 0.2) is 0 Å². The number of rotatable bonds is 4. The van der Waals surface area contributed by atoms with E-state index in [0.29, 0.717) is 42.7 Å². The maximum atomic E-state index is 12.6. The Morgan fingerprint density at radius 1 is 1.29 bits per heavy atom. The molecule has 6 nitrogen and oxygen atoms in total. The van der Waals surface area contributed by atoms with Crippen molar-refractivity contribution in [2.45, 2.75) is 19.9 Å². The summed E-state index contributed by atoms with van der Waals surface area (Å²) in [5.74, 6) is 1.28. The summed E-state index contributed by atoms with van der Waals surface area (Å²) in [6, 6.07) is 9.48. The number of anilines is 1. The molecule has 0 spiro atoms. The van der Waals surface area contributed by atoms with Crippen LogP contribution in [0.5, 0.6) is 0 Å². The van der Waals surface area contributed by atoms with Crippen LogP contribution in [0.1, 0.15) is 34.6 Å². The number of hydrogen-bond acceptors (Lipinski definition) is 5. The van der Waals surface area contributed by atoms with Crippen molar-refractivity contribution in [3.63, 3.8) is 0 Å². The highest BCUT2D eigenvalue weighted by molar-refractivity contribution is 6.33. The van der Waals surface area contributed by atoms with Gasteiger partial charge in [-0.2, -0.15) is 0 Å². The van der Waals surface area contributed by atoms with E-state index < -0.39 is 0 Å². The van der Waals surface area contributed by atoms with E-state index in [1.807, 2.05) is 38.1 Å². The second kappa shape index (κ2) is 7.81. The van der Waals surface area contributed by atoms with Gasteiger partial charge in [-0.15, -0.1) is 0 Å². The molecule has 1 aromatic carbocycles. The summed E-state index contributed by atoms with van der Waals surface area (Å²) in [7, 11) is 0. The number of amides is 1. The van der Waals surface area contributed by atoms with E-state index in [1.54, 1.807) is 17.2 Å². The van der Waals surface area contributed by atoms with Crippen LogP contribution in [0, 0.1) is 6.92 Å². The Morgan fingerprint density at radius 3 is 2.75 bits per heavy atom. The number of para-hydroxylation sites is 1. The minimum atomic E-state index is -0.127. The predicted molar refractivity (Wildman–Crippen MR) is 109 cm³/mol. The third kappa shape index (κ3) is 3.57. The summed E-state index contributed by atoms with van der Waals surface area (Å²) in [5.41, 5.74) is 2.42. The minimum Gasteiger partial charge on any atom is -0.459 e. The summed E-state index contributed by atoms with van der Waals surface area (Å²) in [5, 5.41) is 4.79. The molecule has 1 atom stereocenters. The number of carbonyl (C=O) groups excluding carboxylic acids is 1. The molecule has 1 amide bonds. The standard InChI is InChI=1S/C21H22ClN3O3/c1-13-16-5-3-4-6-18(16)28-19(13)14(2)24-20-17(22)11-15(12-23-20)21(26)25-7-9-27-10-8-25/h3-6,11-12,14H,7-10H2,1-2H3,(H,23,24). The maximum absolute atomic E-state index is 12.6. The van der Waals surface area contributed by atoms with Crippen LogP contribution in [-0.4, -0.2) is 42.1 Å². The lowest BCUT2D eigenvalue weighted by atomic mass is 10.1. The third-order valence-corrected chi connectivity index (χ3v) is 5.30. The highest BCUT2D eigenvalue weighted by Gasteiger charge is 2.21. The third-order valence-electron chi connectivity index (χ3n) is 5.01. The van der Waals surface area contributed by atoms with Gasteiger partial charge in [0.2, 0.25) is 0 Å². The van der Waals surface area contributed by atoms with E-state index in [1.165, 1.54) is 0 Å². The van der Waals surface area contributed by atoms with Gasteiger partial charge < -0.3 is 19.4 Å². The molecule has 1 aliphatic heterocycles. The zero-order valence-corrected chi connectivity index (χ0v) is 16.6. The van der Waals surface area contributed by atoms with Crippen molar-refractivity contribution < 1.29 is 13.9 Å². The molecule has 28 heavy (non-hydrogen) atoms. The number of furan rings is 1. The number of carbonyl (C=O) groups is 1. The first-order valence-corrected chi connectivity index (χ1v) is 9.69. The smallest absolute Gasteiger partial charge is 0.255 e. The summed E-state index contributed by atoms with van der Waals surface area (Å²) >= 11 is 6.41. The average molecular weight is 400 g/mol. The first kappa shape index (κ1) is 18.8. The molecular weight excluding hydrogens is 378 g/mol. The quantitative estimate of drug-likeness (QED) is 0.702. The van der Waals surface area contributed by atoms with Crippen LogP contribution in [0.4, 0.5) is 5.82 Å². The van der Waals surface area contributed by atoms with Crippen LogP contribution < -0.4 is 5.32 Å². The molecule has 3 heterocycles. The maximum Gasteiger partial charge on any atom is 0.255 e. The summed E-state index contributed by atoms with van der Waals surface area (Å²) < 4.78 is 11.3. The molecule has 1 fully saturated rings. The van der Waals surface area contributed by atoms with E-state index in [2.05, 4.69) is 10.3 Å². The number of nitrogens with one attached hydrogen (secondary N) is 1. The Morgan fingerprint density at radius 2 is 2.04 bits per heavy atom. The molecule has 7 heteroatoms. The van der Waals surface area contributed by atoms with Crippen LogP contribution in [0.2, 0.25) is 5.02 Å². The van der Waals surface area contributed by atoms with Gasteiger partial charge in [0.25, 0.3) is 5.91 Å². The van der Waals surface area contributed by atoms with Crippen molar-refractivity contribution in [3.8, 4) is 0 Å². The second-order valence-electron chi connectivity index (χ2n) is 6.91. The monoisotopic (exact) mass is 399 g/mol. The first-order chi connectivity index (χ1) is 13.5. The van der Waals surface area contributed by atoms with Gasteiger partial charge in [-0.05, 0) is 26.0 Å². The van der Waals surface area contributed by atoms with Crippen molar-refractivity contribution in [1.82, 2.24) is 9.88 Å². The lowest BCUT2D eigenvalue weighted by Crippen LogP contribution is -2.40. The van der Waals surface area contributed by atoms with E-state index in [9.17, 15) is 4.79 Å². The van der Waals surface area contributed by atoms with Gasteiger partial charge in [-0.25, -0.2) is 4.98 Å². The van der Waals surface area contributed by atoms with Crippen LogP contribution in [-0.2, 0) is 4.74 Å². The molecular formula is C21H22ClN3O3. The molecule has 4 rings (SSSR count). The number of halogens is 1.